The average Bonchev–Trinajstić information content (AvgIpc) is 3.33. The van der Waals surface area contributed by atoms with Crippen LogP contribution >= 0.6 is 0 Å². The standard InChI is InChI=1S/C23H22N4O5/c1-13(21(28)25-15-6-7-19-20(11-15)32-9-8-31-19)27-22(29)18(26-23(27)30)10-14-12-24-17-5-3-2-4-16(14)17/h2-7,11-13,18,24H,8-10H2,1H3,(H,25,28)(H,26,30)/t13-,18+/m1/s1. The fourth-order valence-electron chi connectivity index (χ4n) is 4.06. The van der Waals surface area contributed by atoms with E-state index in [9.17, 15) is 14.4 Å². The van der Waals surface area contributed by atoms with Gasteiger partial charge in [-0.3, -0.25) is 14.5 Å². The highest BCUT2D eigenvalue weighted by molar-refractivity contribution is 6.09. The summed E-state index contributed by atoms with van der Waals surface area (Å²) in [5.74, 6) is 0.245. The van der Waals surface area contributed by atoms with Crippen molar-refractivity contribution in [1.82, 2.24) is 15.2 Å². The van der Waals surface area contributed by atoms with E-state index in [2.05, 4.69) is 15.6 Å². The van der Waals surface area contributed by atoms with E-state index in [4.69, 9.17) is 9.47 Å². The number of anilines is 1. The van der Waals surface area contributed by atoms with Crippen molar-refractivity contribution in [3.05, 3.63) is 54.2 Å². The number of amides is 4. The molecule has 0 spiro atoms. The summed E-state index contributed by atoms with van der Waals surface area (Å²) in [5, 5.41) is 6.44. The number of benzene rings is 2. The van der Waals surface area contributed by atoms with E-state index in [1.807, 2.05) is 30.5 Å². The normalized spacial score (nSPS) is 18.5. The lowest BCUT2D eigenvalue weighted by Crippen LogP contribution is -2.46. The number of aromatic amines is 1. The summed E-state index contributed by atoms with van der Waals surface area (Å²) in [4.78, 5) is 42.5. The van der Waals surface area contributed by atoms with Gasteiger partial charge in [-0.2, -0.15) is 0 Å². The molecule has 164 valence electrons. The van der Waals surface area contributed by atoms with E-state index in [0.29, 0.717) is 36.8 Å². The molecule has 1 fully saturated rings. The second-order valence-corrected chi connectivity index (χ2v) is 7.80. The van der Waals surface area contributed by atoms with Gasteiger partial charge in [0.05, 0.1) is 0 Å². The highest BCUT2D eigenvalue weighted by Gasteiger charge is 2.43. The molecular weight excluding hydrogens is 412 g/mol. The summed E-state index contributed by atoms with van der Waals surface area (Å²) >= 11 is 0. The van der Waals surface area contributed by atoms with Gasteiger partial charge in [0.1, 0.15) is 25.3 Å². The second kappa shape index (κ2) is 7.92. The van der Waals surface area contributed by atoms with Crippen molar-refractivity contribution in [2.45, 2.75) is 25.4 Å². The van der Waals surface area contributed by atoms with Crippen molar-refractivity contribution in [3.63, 3.8) is 0 Å². The molecule has 2 atom stereocenters. The first-order valence-electron chi connectivity index (χ1n) is 10.4. The van der Waals surface area contributed by atoms with Gasteiger partial charge < -0.3 is 25.1 Å². The van der Waals surface area contributed by atoms with Crippen molar-refractivity contribution in [1.29, 1.82) is 0 Å². The monoisotopic (exact) mass is 434 g/mol. The Hall–Kier alpha value is -4.01. The first kappa shape index (κ1) is 19.9. The molecule has 3 N–H and O–H groups in total. The number of ether oxygens (including phenoxy) is 2. The largest absolute Gasteiger partial charge is 0.486 e. The Morgan fingerprint density at radius 2 is 1.94 bits per heavy atom. The summed E-state index contributed by atoms with van der Waals surface area (Å²) in [6, 6.07) is 10.5. The Morgan fingerprint density at radius 1 is 1.16 bits per heavy atom. The van der Waals surface area contributed by atoms with Crippen LogP contribution in [0.15, 0.2) is 48.7 Å². The van der Waals surface area contributed by atoms with Gasteiger partial charge in [0.15, 0.2) is 11.5 Å². The van der Waals surface area contributed by atoms with Crippen molar-refractivity contribution >= 4 is 34.4 Å². The first-order valence-corrected chi connectivity index (χ1v) is 10.4. The Bertz CT molecular complexity index is 1220. The van der Waals surface area contributed by atoms with Crippen LogP contribution in [0.5, 0.6) is 11.5 Å². The summed E-state index contributed by atoms with van der Waals surface area (Å²) < 4.78 is 11.0. The summed E-state index contributed by atoms with van der Waals surface area (Å²) in [6.45, 7) is 2.43. The molecule has 1 saturated heterocycles. The number of carbonyl (C=O) groups excluding carboxylic acids is 3. The van der Waals surface area contributed by atoms with E-state index in [1.54, 1.807) is 18.2 Å². The van der Waals surface area contributed by atoms with Crippen LogP contribution in [0.4, 0.5) is 10.5 Å². The maximum Gasteiger partial charge on any atom is 0.325 e. The predicted octanol–water partition coefficient (Wildman–Crippen LogP) is 2.43. The number of hydrogen-bond donors (Lipinski definition) is 3. The van der Waals surface area contributed by atoms with Crippen LogP contribution in [-0.4, -0.2) is 53.0 Å². The molecule has 3 aromatic rings. The minimum atomic E-state index is -0.983. The molecule has 0 radical (unpaired) electrons. The fraction of sp³-hybridized carbons (Fsp3) is 0.261. The van der Waals surface area contributed by atoms with E-state index in [-0.39, 0.29) is 0 Å². The minimum Gasteiger partial charge on any atom is -0.486 e. The molecule has 2 aliphatic rings. The molecule has 9 heteroatoms. The third-order valence-corrected chi connectivity index (χ3v) is 5.73. The fourth-order valence-corrected chi connectivity index (χ4v) is 4.06. The Kier molecular flexibility index (Phi) is 4.93. The van der Waals surface area contributed by atoms with Gasteiger partial charge in [0.25, 0.3) is 5.91 Å². The number of nitrogens with zero attached hydrogens (tertiary/aromatic N) is 1. The number of hydrogen-bond acceptors (Lipinski definition) is 5. The molecule has 0 unspecified atom stereocenters. The number of aromatic nitrogens is 1. The van der Waals surface area contributed by atoms with Gasteiger partial charge in [0.2, 0.25) is 5.91 Å². The molecule has 0 saturated carbocycles. The molecule has 2 aromatic carbocycles. The lowest BCUT2D eigenvalue weighted by molar-refractivity contribution is -0.133. The van der Waals surface area contributed by atoms with Crippen LogP contribution in [0.25, 0.3) is 10.9 Å². The summed E-state index contributed by atoms with van der Waals surface area (Å²) in [7, 11) is 0. The van der Waals surface area contributed by atoms with Gasteiger partial charge in [-0.1, -0.05) is 18.2 Å². The van der Waals surface area contributed by atoms with Crippen LogP contribution in [0.2, 0.25) is 0 Å². The average molecular weight is 434 g/mol. The van der Waals surface area contributed by atoms with Gasteiger partial charge in [0, 0.05) is 35.3 Å². The van der Waals surface area contributed by atoms with Crippen LogP contribution in [0, 0.1) is 0 Å². The quantitative estimate of drug-likeness (QED) is 0.534. The van der Waals surface area contributed by atoms with Crippen LogP contribution in [0.3, 0.4) is 0 Å². The van der Waals surface area contributed by atoms with Crippen molar-refractivity contribution < 1.29 is 23.9 Å². The third kappa shape index (κ3) is 3.51. The molecule has 32 heavy (non-hydrogen) atoms. The third-order valence-electron chi connectivity index (χ3n) is 5.73. The predicted molar refractivity (Wildman–Crippen MR) is 117 cm³/mol. The minimum absolute atomic E-state index is 0.335. The zero-order chi connectivity index (χ0) is 22.2. The maximum absolute atomic E-state index is 13.0. The topological polar surface area (TPSA) is 113 Å². The van der Waals surface area contributed by atoms with Crippen LogP contribution < -0.4 is 20.1 Å². The zero-order valence-corrected chi connectivity index (χ0v) is 17.4. The molecule has 0 bridgehead atoms. The number of imide groups is 1. The van der Waals surface area contributed by atoms with Crippen molar-refractivity contribution in [3.8, 4) is 11.5 Å². The van der Waals surface area contributed by atoms with Gasteiger partial charge in [-0.05, 0) is 30.7 Å². The van der Waals surface area contributed by atoms with Crippen molar-refractivity contribution in [2.24, 2.45) is 0 Å². The Labute approximate surface area is 183 Å². The number of carbonyl (C=O) groups is 3. The zero-order valence-electron chi connectivity index (χ0n) is 17.4. The number of H-pyrrole nitrogens is 1. The number of para-hydroxylation sites is 1. The smallest absolute Gasteiger partial charge is 0.325 e. The highest BCUT2D eigenvalue weighted by Crippen LogP contribution is 2.32. The van der Waals surface area contributed by atoms with Crippen LogP contribution in [0.1, 0.15) is 12.5 Å². The van der Waals surface area contributed by atoms with E-state index in [1.165, 1.54) is 6.92 Å². The van der Waals surface area contributed by atoms with Crippen molar-refractivity contribution in [2.75, 3.05) is 18.5 Å². The van der Waals surface area contributed by atoms with Gasteiger partial charge in [-0.15, -0.1) is 0 Å². The van der Waals surface area contributed by atoms with Gasteiger partial charge in [-0.25, -0.2) is 4.79 Å². The van der Waals surface area contributed by atoms with E-state index >= 15 is 0 Å². The number of fused-ring (bicyclic) bond motifs is 2. The Morgan fingerprint density at radius 3 is 2.78 bits per heavy atom. The number of rotatable bonds is 5. The molecule has 0 aliphatic carbocycles. The lowest BCUT2D eigenvalue weighted by Gasteiger charge is -2.22. The number of urea groups is 1. The molecule has 9 nitrogen and oxygen atoms in total. The molecule has 3 heterocycles. The molecule has 2 aliphatic heterocycles. The van der Waals surface area contributed by atoms with E-state index in [0.717, 1.165) is 21.4 Å². The SMILES string of the molecule is C[C@H](C(=O)Nc1ccc2c(c1)OCCO2)N1C(=O)N[C@@H](Cc2c[nH]c3ccccc23)C1=O. The highest BCUT2D eigenvalue weighted by atomic mass is 16.6. The van der Waals surface area contributed by atoms with Gasteiger partial charge >= 0.3 is 6.03 Å². The first-order chi connectivity index (χ1) is 15.5. The summed E-state index contributed by atoms with van der Waals surface area (Å²) in [6.07, 6.45) is 2.17. The molecule has 5 rings (SSSR count). The molecule has 1 aromatic heterocycles. The molecule has 4 amide bonds. The lowest BCUT2D eigenvalue weighted by atomic mass is 10.0. The molecular formula is C23H22N4O5. The van der Waals surface area contributed by atoms with E-state index < -0.39 is 29.9 Å². The summed E-state index contributed by atoms with van der Waals surface area (Å²) in [5.41, 5.74) is 2.38. The Balaban J connectivity index is 1.28. The number of nitrogens with one attached hydrogen (secondary N) is 3. The maximum atomic E-state index is 13.0. The second-order valence-electron chi connectivity index (χ2n) is 7.80. The van der Waals surface area contributed by atoms with Crippen LogP contribution in [-0.2, 0) is 16.0 Å².